The Balaban J connectivity index is 0.00000243. The molecule has 0 spiro atoms. The Labute approximate surface area is 170 Å². The number of anilines is 1. The number of rotatable bonds is 5. The fourth-order valence-corrected chi connectivity index (χ4v) is 2.49. The van der Waals surface area contributed by atoms with Crippen molar-refractivity contribution in [2.45, 2.75) is 33.4 Å². The third-order valence-electron chi connectivity index (χ3n) is 3.58. The molecule has 3 aromatic rings. The van der Waals surface area contributed by atoms with E-state index >= 15 is 0 Å². The van der Waals surface area contributed by atoms with Crippen LogP contribution in [0.2, 0.25) is 0 Å². The van der Waals surface area contributed by atoms with E-state index < -0.39 is 0 Å². The van der Waals surface area contributed by atoms with Gasteiger partial charge in [-0.3, -0.25) is 0 Å². The molecule has 4 N–H and O–H groups in total. The van der Waals surface area contributed by atoms with Crippen LogP contribution in [0.4, 0.5) is 5.69 Å². The van der Waals surface area contributed by atoms with Crippen molar-refractivity contribution in [3.8, 4) is 5.75 Å². The van der Waals surface area contributed by atoms with Gasteiger partial charge in [-0.05, 0) is 62.7 Å². The first-order valence-electron chi connectivity index (χ1n) is 8.28. The molecule has 0 radical (unpaired) electrons. The van der Waals surface area contributed by atoms with Crippen molar-refractivity contribution >= 4 is 46.7 Å². The molecule has 6 nitrogen and oxygen atoms in total. The smallest absolute Gasteiger partial charge is 0.193 e. The summed E-state index contributed by atoms with van der Waals surface area (Å²) < 4.78 is 5.62. The van der Waals surface area contributed by atoms with Gasteiger partial charge in [0.15, 0.2) is 5.96 Å². The number of aryl methyl sites for hydroxylation is 1. The second-order valence-corrected chi connectivity index (χ2v) is 6.22. The van der Waals surface area contributed by atoms with Crippen molar-refractivity contribution in [1.82, 2.24) is 9.97 Å². The third-order valence-corrected chi connectivity index (χ3v) is 3.58. The number of aromatic amines is 1. The molecule has 138 valence electrons. The Morgan fingerprint density at radius 3 is 2.65 bits per heavy atom. The van der Waals surface area contributed by atoms with E-state index in [4.69, 9.17) is 10.5 Å². The van der Waals surface area contributed by atoms with E-state index in [1.807, 2.05) is 50.2 Å². The number of hydrogen-bond donors (Lipinski definition) is 3. The van der Waals surface area contributed by atoms with E-state index in [9.17, 15) is 0 Å². The van der Waals surface area contributed by atoms with Crippen LogP contribution in [0.3, 0.4) is 0 Å². The summed E-state index contributed by atoms with van der Waals surface area (Å²) in [5.41, 5.74) is 9.95. The Morgan fingerprint density at radius 1 is 1.23 bits per heavy atom. The van der Waals surface area contributed by atoms with E-state index in [-0.39, 0.29) is 30.1 Å². The molecule has 0 aliphatic heterocycles. The minimum absolute atomic E-state index is 0. The van der Waals surface area contributed by atoms with Crippen molar-refractivity contribution in [2.75, 3.05) is 5.32 Å². The van der Waals surface area contributed by atoms with E-state index in [2.05, 4.69) is 33.3 Å². The highest BCUT2D eigenvalue weighted by molar-refractivity contribution is 14.0. The van der Waals surface area contributed by atoms with Gasteiger partial charge in [-0.25, -0.2) is 9.98 Å². The Bertz CT molecular complexity index is 887. The molecule has 0 fully saturated rings. The summed E-state index contributed by atoms with van der Waals surface area (Å²) in [4.78, 5) is 12.1. The van der Waals surface area contributed by atoms with Crippen LogP contribution < -0.4 is 15.8 Å². The van der Waals surface area contributed by atoms with Crippen LogP contribution in [0.25, 0.3) is 11.0 Å². The summed E-state index contributed by atoms with van der Waals surface area (Å²) in [5, 5.41) is 3.07. The van der Waals surface area contributed by atoms with Crippen LogP contribution >= 0.6 is 24.0 Å². The summed E-state index contributed by atoms with van der Waals surface area (Å²) in [6, 6.07) is 13.7. The lowest BCUT2D eigenvalue weighted by Crippen LogP contribution is -2.22. The number of ether oxygens (including phenoxy) is 1. The lowest BCUT2D eigenvalue weighted by molar-refractivity contribution is 0.242. The first-order chi connectivity index (χ1) is 12.0. The molecular weight excluding hydrogens is 441 g/mol. The highest BCUT2D eigenvalue weighted by atomic mass is 127. The standard InChI is InChI=1S/C19H23N5O.HI/c1-12(2)25-15-7-5-14(6-8-15)22-19(20)21-11-18-23-16-9-4-13(3)10-17(16)24-18;/h4-10,12H,11H2,1-3H3,(H,23,24)(H3,20,21,22);1H. The number of fused-ring (bicyclic) bond motifs is 1. The first kappa shape index (κ1) is 20.0. The minimum atomic E-state index is 0. The van der Waals surface area contributed by atoms with Crippen molar-refractivity contribution in [3.63, 3.8) is 0 Å². The molecule has 1 heterocycles. The molecule has 3 rings (SSSR count). The lowest BCUT2D eigenvalue weighted by atomic mass is 10.2. The molecule has 0 saturated heterocycles. The third kappa shape index (κ3) is 5.35. The zero-order valence-corrected chi connectivity index (χ0v) is 17.4. The van der Waals surface area contributed by atoms with Crippen molar-refractivity contribution in [1.29, 1.82) is 0 Å². The van der Waals surface area contributed by atoms with Crippen molar-refractivity contribution in [3.05, 3.63) is 53.9 Å². The maximum Gasteiger partial charge on any atom is 0.193 e. The summed E-state index contributed by atoms with van der Waals surface area (Å²) >= 11 is 0. The quantitative estimate of drug-likeness (QED) is 0.299. The summed E-state index contributed by atoms with van der Waals surface area (Å²) in [7, 11) is 0. The number of nitrogens with zero attached hydrogens (tertiary/aromatic N) is 2. The molecule has 1 aromatic heterocycles. The summed E-state index contributed by atoms with van der Waals surface area (Å²) in [6.45, 7) is 6.44. The molecule has 2 aromatic carbocycles. The van der Waals surface area contributed by atoms with Crippen LogP contribution in [0.1, 0.15) is 25.2 Å². The fraction of sp³-hybridized carbons (Fsp3) is 0.263. The number of aromatic nitrogens is 2. The van der Waals surface area contributed by atoms with Crippen molar-refractivity contribution < 1.29 is 4.74 Å². The normalized spacial score (nSPS) is 11.5. The number of nitrogens with two attached hydrogens (primary N) is 1. The monoisotopic (exact) mass is 465 g/mol. The predicted molar refractivity (Wildman–Crippen MR) is 117 cm³/mol. The summed E-state index contributed by atoms with van der Waals surface area (Å²) in [6.07, 6.45) is 0.151. The molecule has 26 heavy (non-hydrogen) atoms. The van der Waals surface area contributed by atoms with Crippen LogP contribution in [0.5, 0.6) is 5.75 Å². The number of benzene rings is 2. The molecular formula is C19H24IN5O. The van der Waals surface area contributed by atoms with Gasteiger partial charge in [0, 0.05) is 5.69 Å². The molecule has 0 atom stereocenters. The number of aliphatic imine (C=N–C) groups is 1. The molecule has 0 saturated carbocycles. The fourth-order valence-electron chi connectivity index (χ4n) is 2.49. The van der Waals surface area contributed by atoms with Gasteiger partial charge < -0.3 is 20.8 Å². The highest BCUT2D eigenvalue weighted by Crippen LogP contribution is 2.17. The zero-order chi connectivity index (χ0) is 17.8. The lowest BCUT2D eigenvalue weighted by Gasteiger charge is -2.10. The first-order valence-corrected chi connectivity index (χ1v) is 8.28. The molecule has 0 unspecified atom stereocenters. The van der Waals surface area contributed by atoms with Gasteiger partial charge in [0.1, 0.15) is 18.1 Å². The number of imidazole rings is 1. The van der Waals surface area contributed by atoms with Crippen LogP contribution in [0, 0.1) is 6.92 Å². The highest BCUT2D eigenvalue weighted by Gasteiger charge is 2.03. The second kappa shape index (κ2) is 8.88. The zero-order valence-electron chi connectivity index (χ0n) is 15.1. The van der Waals surface area contributed by atoms with Gasteiger partial charge in [-0.2, -0.15) is 0 Å². The average Bonchev–Trinajstić information content (AvgIpc) is 2.96. The van der Waals surface area contributed by atoms with Crippen LogP contribution in [0.15, 0.2) is 47.5 Å². The number of hydrogen-bond acceptors (Lipinski definition) is 3. The Kier molecular flexibility index (Phi) is 6.84. The maximum absolute atomic E-state index is 5.96. The molecule has 7 heteroatoms. The van der Waals surface area contributed by atoms with Gasteiger partial charge in [-0.15, -0.1) is 24.0 Å². The van der Waals surface area contributed by atoms with Gasteiger partial charge in [0.05, 0.1) is 17.1 Å². The number of H-pyrrole nitrogens is 1. The van der Waals surface area contributed by atoms with Gasteiger partial charge in [-0.1, -0.05) is 6.07 Å². The molecule has 0 aliphatic rings. The molecule has 0 amide bonds. The molecule has 0 aliphatic carbocycles. The predicted octanol–water partition coefficient (Wildman–Crippen LogP) is 4.20. The molecule has 0 bridgehead atoms. The van der Waals surface area contributed by atoms with Crippen LogP contribution in [-0.4, -0.2) is 22.0 Å². The average molecular weight is 465 g/mol. The number of guanidine groups is 1. The van der Waals surface area contributed by atoms with Gasteiger partial charge >= 0.3 is 0 Å². The largest absolute Gasteiger partial charge is 0.491 e. The van der Waals surface area contributed by atoms with E-state index in [1.54, 1.807) is 0 Å². The van der Waals surface area contributed by atoms with Crippen molar-refractivity contribution in [2.24, 2.45) is 10.7 Å². The summed E-state index contributed by atoms with van der Waals surface area (Å²) in [5.74, 6) is 1.95. The number of nitrogens with one attached hydrogen (secondary N) is 2. The minimum Gasteiger partial charge on any atom is -0.491 e. The van der Waals surface area contributed by atoms with E-state index in [0.717, 1.165) is 28.3 Å². The second-order valence-electron chi connectivity index (χ2n) is 6.22. The van der Waals surface area contributed by atoms with Gasteiger partial charge in [0.2, 0.25) is 0 Å². The Morgan fingerprint density at radius 2 is 1.96 bits per heavy atom. The van der Waals surface area contributed by atoms with Crippen LogP contribution in [-0.2, 0) is 6.54 Å². The topological polar surface area (TPSA) is 88.3 Å². The van der Waals surface area contributed by atoms with E-state index in [0.29, 0.717) is 12.5 Å². The maximum atomic E-state index is 5.96. The Hall–Kier alpha value is -2.29. The van der Waals surface area contributed by atoms with E-state index in [1.165, 1.54) is 5.56 Å². The number of halogens is 1. The SMILES string of the molecule is Cc1ccc2nc(CN=C(N)Nc3ccc(OC(C)C)cc3)[nH]c2c1.I. The van der Waals surface area contributed by atoms with Gasteiger partial charge in [0.25, 0.3) is 0 Å².